The lowest BCUT2D eigenvalue weighted by Gasteiger charge is -2.34. The van der Waals surface area contributed by atoms with Crippen molar-refractivity contribution in [2.45, 2.75) is 37.4 Å². The Morgan fingerprint density at radius 3 is 2.54 bits per heavy atom. The molecule has 2 aromatic rings. The number of carbonyl (C=O) groups is 1. The van der Waals surface area contributed by atoms with Gasteiger partial charge in [-0.15, -0.1) is 11.8 Å². The van der Waals surface area contributed by atoms with Crippen LogP contribution in [-0.2, 0) is 9.47 Å². The van der Waals surface area contributed by atoms with E-state index in [-0.39, 0.29) is 12.2 Å². The Kier molecular flexibility index (Phi) is 6.41. The van der Waals surface area contributed by atoms with Crippen LogP contribution in [0.3, 0.4) is 0 Å². The van der Waals surface area contributed by atoms with Gasteiger partial charge in [-0.1, -0.05) is 12.1 Å². The fraction of sp³-hybridized carbons (Fsp3) is 0.450. The Morgan fingerprint density at radius 2 is 1.93 bits per heavy atom. The number of carbonyl (C=O) groups excluding carboxylic acids is 1. The molecule has 0 bridgehead atoms. The first-order valence-electron chi connectivity index (χ1n) is 9.16. The predicted molar refractivity (Wildman–Crippen MR) is 110 cm³/mol. The van der Waals surface area contributed by atoms with Crippen molar-refractivity contribution in [1.29, 1.82) is 0 Å². The lowest BCUT2D eigenvalue weighted by molar-refractivity contribution is -0.0432. The highest BCUT2D eigenvalue weighted by molar-refractivity contribution is 7.98. The van der Waals surface area contributed by atoms with E-state index in [0.717, 1.165) is 16.1 Å². The molecule has 1 fully saturated rings. The largest absolute Gasteiger partial charge is 0.444 e. The third kappa shape index (κ3) is 5.59. The lowest BCUT2D eigenvalue weighted by Crippen LogP contribution is -2.44. The highest BCUT2D eigenvalue weighted by atomic mass is 32.2. The summed E-state index contributed by atoms with van der Waals surface area (Å²) in [5.41, 5.74) is 1.40. The molecule has 0 saturated carbocycles. The number of hydrogen-bond donors (Lipinski definition) is 1. The van der Waals surface area contributed by atoms with Crippen LogP contribution >= 0.6 is 11.8 Å². The SMILES string of the molecule is CSc1cnc(Nc2ccc(C3CN(C(=O)OC(C)(C)C)CCO3)cc2)nc1. The van der Waals surface area contributed by atoms with E-state index in [1.807, 2.05) is 51.3 Å². The van der Waals surface area contributed by atoms with Crippen LogP contribution in [0.5, 0.6) is 0 Å². The molecule has 1 amide bonds. The van der Waals surface area contributed by atoms with Crippen LogP contribution in [0.15, 0.2) is 41.6 Å². The summed E-state index contributed by atoms with van der Waals surface area (Å²) in [5, 5.41) is 3.18. The molecule has 1 aliphatic rings. The van der Waals surface area contributed by atoms with Gasteiger partial charge in [-0.2, -0.15) is 0 Å². The minimum atomic E-state index is -0.506. The minimum absolute atomic E-state index is 0.174. The van der Waals surface area contributed by atoms with Crippen LogP contribution in [0.2, 0.25) is 0 Å². The number of aromatic nitrogens is 2. The molecule has 150 valence electrons. The average Bonchev–Trinajstić information content (AvgIpc) is 2.68. The summed E-state index contributed by atoms with van der Waals surface area (Å²) in [4.78, 5) is 23.6. The molecule has 1 atom stereocenters. The summed E-state index contributed by atoms with van der Waals surface area (Å²) in [6, 6.07) is 7.89. The van der Waals surface area contributed by atoms with Crippen molar-refractivity contribution in [2.24, 2.45) is 0 Å². The van der Waals surface area contributed by atoms with Crippen molar-refractivity contribution in [3.63, 3.8) is 0 Å². The number of morpholine rings is 1. The molecule has 28 heavy (non-hydrogen) atoms. The van der Waals surface area contributed by atoms with Gasteiger partial charge in [-0.3, -0.25) is 0 Å². The average molecular weight is 403 g/mol. The van der Waals surface area contributed by atoms with Crippen LogP contribution < -0.4 is 5.32 Å². The molecule has 8 heteroatoms. The fourth-order valence-corrected chi connectivity index (χ4v) is 3.06. The van der Waals surface area contributed by atoms with E-state index in [1.165, 1.54) is 0 Å². The normalized spacial score (nSPS) is 17.3. The molecule has 0 spiro atoms. The maximum Gasteiger partial charge on any atom is 0.410 e. The van der Waals surface area contributed by atoms with Crippen molar-refractivity contribution >= 4 is 29.5 Å². The summed E-state index contributed by atoms with van der Waals surface area (Å²) in [7, 11) is 0. The van der Waals surface area contributed by atoms with Crippen molar-refractivity contribution in [1.82, 2.24) is 14.9 Å². The third-order valence-corrected chi connectivity index (χ3v) is 4.80. The summed E-state index contributed by atoms with van der Waals surface area (Å²) in [6.45, 7) is 7.10. The van der Waals surface area contributed by atoms with Gasteiger partial charge < -0.3 is 19.7 Å². The molecule has 1 unspecified atom stereocenters. The van der Waals surface area contributed by atoms with Crippen LogP contribution in [0.1, 0.15) is 32.4 Å². The van der Waals surface area contributed by atoms with E-state index in [9.17, 15) is 4.79 Å². The van der Waals surface area contributed by atoms with Gasteiger partial charge in [-0.25, -0.2) is 14.8 Å². The molecule has 0 aliphatic carbocycles. The zero-order valence-electron chi connectivity index (χ0n) is 16.6. The van der Waals surface area contributed by atoms with E-state index in [4.69, 9.17) is 9.47 Å². The van der Waals surface area contributed by atoms with Crippen LogP contribution in [-0.4, -0.2) is 52.5 Å². The molecule has 1 aromatic carbocycles. The molecule has 7 nitrogen and oxygen atoms in total. The van der Waals surface area contributed by atoms with Gasteiger partial charge in [0.15, 0.2) is 0 Å². The summed E-state index contributed by atoms with van der Waals surface area (Å²) in [5.74, 6) is 0.551. The van der Waals surface area contributed by atoms with Crippen molar-refractivity contribution in [2.75, 3.05) is 31.3 Å². The van der Waals surface area contributed by atoms with Gasteiger partial charge in [0.05, 0.1) is 13.2 Å². The second-order valence-electron chi connectivity index (χ2n) is 7.48. The Bertz CT molecular complexity index is 791. The van der Waals surface area contributed by atoms with Crippen molar-refractivity contribution in [3.05, 3.63) is 42.2 Å². The summed E-state index contributed by atoms with van der Waals surface area (Å²) in [6.07, 6.45) is 5.09. The van der Waals surface area contributed by atoms with E-state index >= 15 is 0 Å². The van der Waals surface area contributed by atoms with Gasteiger partial charge in [0, 0.05) is 29.5 Å². The van der Waals surface area contributed by atoms with Gasteiger partial charge in [0.1, 0.15) is 11.7 Å². The van der Waals surface area contributed by atoms with Crippen molar-refractivity contribution < 1.29 is 14.3 Å². The van der Waals surface area contributed by atoms with E-state index < -0.39 is 5.60 Å². The molecule has 3 rings (SSSR count). The maximum atomic E-state index is 12.3. The number of rotatable bonds is 4. The smallest absolute Gasteiger partial charge is 0.410 e. The molecular formula is C20H26N4O3S. The summed E-state index contributed by atoms with van der Waals surface area (Å²) >= 11 is 1.60. The highest BCUT2D eigenvalue weighted by Crippen LogP contribution is 2.25. The first-order chi connectivity index (χ1) is 13.3. The number of amides is 1. The van der Waals surface area contributed by atoms with E-state index in [0.29, 0.717) is 25.6 Å². The molecular weight excluding hydrogens is 376 g/mol. The molecule has 1 aliphatic heterocycles. The Labute approximate surface area is 169 Å². The second kappa shape index (κ2) is 8.79. The Morgan fingerprint density at radius 1 is 1.25 bits per heavy atom. The first-order valence-corrected chi connectivity index (χ1v) is 10.4. The Balaban J connectivity index is 1.61. The number of benzene rings is 1. The lowest BCUT2D eigenvalue weighted by atomic mass is 10.1. The molecule has 1 aromatic heterocycles. The predicted octanol–water partition coefficient (Wildman–Crippen LogP) is 4.25. The molecule has 0 radical (unpaired) electrons. The van der Waals surface area contributed by atoms with Gasteiger partial charge in [0.25, 0.3) is 0 Å². The standard InChI is InChI=1S/C20H26N4O3S/c1-20(2,3)27-19(25)24-9-10-26-17(13-24)14-5-7-15(8-6-14)23-18-21-11-16(28-4)12-22-18/h5-8,11-12,17H,9-10,13H2,1-4H3,(H,21,22,23). The van der Waals surface area contributed by atoms with E-state index in [1.54, 1.807) is 29.1 Å². The number of nitrogens with one attached hydrogen (secondary N) is 1. The second-order valence-corrected chi connectivity index (χ2v) is 8.36. The van der Waals surface area contributed by atoms with Crippen LogP contribution in [0, 0.1) is 0 Å². The van der Waals surface area contributed by atoms with Gasteiger partial charge >= 0.3 is 6.09 Å². The monoisotopic (exact) mass is 402 g/mol. The van der Waals surface area contributed by atoms with Gasteiger partial charge in [-0.05, 0) is 44.7 Å². The first kappa shape index (κ1) is 20.4. The van der Waals surface area contributed by atoms with Crippen molar-refractivity contribution in [3.8, 4) is 0 Å². The highest BCUT2D eigenvalue weighted by Gasteiger charge is 2.28. The summed E-state index contributed by atoms with van der Waals surface area (Å²) < 4.78 is 11.3. The third-order valence-electron chi connectivity index (χ3n) is 4.12. The molecule has 2 heterocycles. The topological polar surface area (TPSA) is 76.6 Å². The molecule has 1 saturated heterocycles. The fourth-order valence-electron chi connectivity index (χ4n) is 2.74. The number of nitrogens with zero attached hydrogens (tertiary/aromatic N) is 3. The maximum absolute atomic E-state index is 12.3. The number of hydrogen-bond acceptors (Lipinski definition) is 7. The number of thioether (sulfide) groups is 1. The van der Waals surface area contributed by atoms with Crippen LogP contribution in [0.4, 0.5) is 16.4 Å². The zero-order chi connectivity index (χ0) is 20.1. The molecule has 1 N–H and O–H groups in total. The number of ether oxygens (including phenoxy) is 2. The quantitative estimate of drug-likeness (QED) is 0.766. The van der Waals surface area contributed by atoms with Crippen LogP contribution in [0.25, 0.3) is 0 Å². The van der Waals surface area contributed by atoms with Gasteiger partial charge in [0.2, 0.25) is 5.95 Å². The number of anilines is 2. The van der Waals surface area contributed by atoms with E-state index in [2.05, 4.69) is 15.3 Å². The minimum Gasteiger partial charge on any atom is -0.444 e. The Hall–Kier alpha value is -2.32. The zero-order valence-corrected chi connectivity index (χ0v) is 17.5.